The van der Waals surface area contributed by atoms with Gasteiger partial charge in [0.05, 0.1) is 12.3 Å². The maximum Gasteiger partial charge on any atom is 0.263 e. The first-order valence-electron chi connectivity index (χ1n) is 6.42. The van der Waals surface area contributed by atoms with E-state index in [4.69, 9.17) is 5.73 Å². The summed E-state index contributed by atoms with van der Waals surface area (Å²) in [5.41, 5.74) is 6.52. The van der Waals surface area contributed by atoms with E-state index in [-0.39, 0.29) is 17.9 Å². The van der Waals surface area contributed by atoms with Crippen molar-refractivity contribution in [1.82, 2.24) is 5.32 Å². The number of fused-ring (bicyclic) bond motifs is 1. The van der Waals surface area contributed by atoms with Crippen molar-refractivity contribution in [3.05, 3.63) is 27.5 Å². The number of thiophene rings is 1. The summed E-state index contributed by atoms with van der Waals surface area (Å²) in [5, 5.41) is 13.1. The normalized spacial score (nSPS) is 16.3. The van der Waals surface area contributed by atoms with Gasteiger partial charge in [-0.15, -0.1) is 11.3 Å². The van der Waals surface area contributed by atoms with E-state index in [1.165, 1.54) is 11.3 Å². The smallest absolute Gasteiger partial charge is 0.263 e. The number of aliphatic hydroxyl groups excluding tert-OH is 1. The standard InChI is InChI=1S/C14H15BrN2O2S/c15-8-2-1-3-9-10(8)11(16)12(20-9)13(19)17-6-14(7-18)4-5-14/h1-3,18H,4-7,16H2,(H,17,19). The molecule has 0 unspecified atom stereocenters. The average molecular weight is 355 g/mol. The molecule has 0 saturated heterocycles. The fourth-order valence-corrected chi connectivity index (χ4v) is 3.99. The Morgan fingerprint density at radius 3 is 2.85 bits per heavy atom. The molecular weight excluding hydrogens is 340 g/mol. The maximum atomic E-state index is 12.3. The van der Waals surface area contributed by atoms with Crippen molar-refractivity contribution in [3.63, 3.8) is 0 Å². The molecule has 1 amide bonds. The summed E-state index contributed by atoms with van der Waals surface area (Å²) in [6, 6.07) is 5.79. The Balaban J connectivity index is 1.85. The summed E-state index contributed by atoms with van der Waals surface area (Å²) < 4.78 is 1.89. The van der Waals surface area contributed by atoms with Crippen LogP contribution in [0.5, 0.6) is 0 Å². The third-order valence-corrected chi connectivity index (χ3v) is 5.65. The van der Waals surface area contributed by atoms with Gasteiger partial charge in [0.25, 0.3) is 5.91 Å². The molecular formula is C14H15BrN2O2S. The summed E-state index contributed by atoms with van der Waals surface area (Å²) in [6.45, 7) is 0.637. The Bertz CT molecular complexity index is 679. The first-order chi connectivity index (χ1) is 9.56. The molecule has 4 N–H and O–H groups in total. The molecule has 0 atom stereocenters. The summed E-state index contributed by atoms with van der Waals surface area (Å²) >= 11 is 4.86. The van der Waals surface area contributed by atoms with Crippen LogP contribution in [0.3, 0.4) is 0 Å². The fraction of sp³-hybridized carbons (Fsp3) is 0.357. The number of halogens is 1. The van der Waals surface area contributed by atoms with E-state index in [1.807, 2.05) is 18.2 Å². The van der Waals surface area contributed by atoms with Crippen LogP contribution in [0.1, 0.15) is 22.5 Å². The molecule has 106 valence electrons. The van der Waals surface area contributed by atoms with Crippen molar-refractivity contribution in [2.45, 2.75) is 12.8 Å². The zero-order valence-electron chi connectivity index (χ0n) is 10.8. The Kier molecular flexibility index (Phi) is 3.48. The van der Waals surface area contributed by atoms with Crippen LogP contribution in [-0.2, 0) is 0 Å². The van der Waals surface area contributed by atoms with Gasteiger partial charge in [0.2, 0.25) is 0 Å². The van der Waals surface area contributed by atoms with Gasteiger partial charge in [-0.2, -0.15) is 0 Å². The first kappa shape index (κ1) is 13.9. The van der Waals surface area contributed by atoms with Crippen LogP contribution in [0.15, 0.2) is 22.7 Å². The average Bonchev–Trinajstić information content (AvgIpc) is 3.15. The van der Waals surface area contributed by atoms with Gasteiger partial charge < -0.3 is 16.2 Å². The van der Waals surface area contributed by atoms with Crippen molar-refractivity contribution in [1.29, 1.82) is 0 Å². The van der Waals surface area contributed by atoms with E-state index < -0.39 is 0 Å². The molecule has 1 fully saturated rings. The van der Waals surface area contributed by atoms with Crippen LogP contribution in [-0.4, -0.2) is 24.2 Å². The molecule has 1 aliphatic carbocycles. The van der Waals surface area contributed by atoms with Gasteiger partial charge in [-0.25, -0.2) is 0 Å². The van der Waals surface area contributed by atoms with E-state index in [9.17, 15) is 9.90 Å². The fourth-order valence-electron chi connectivity index (χ4n) is 2.21. The molecule has 0 spiro atoms. The number of rotatable bonds is 4. The molecule has 2 aromatic rings. The second-order valence-electron chi connectivity index (χ2n) is 5.30. The number of carbonyl (C=O) groups is 1. The molecule has 0 aliphatic heterocycles. The quantitative estimate of drug-likeness (QED) is 0.790. The minimum atomic E-state index is -0.157. The molecule has 0 bridgehead atoms. The van der Waals surface area contributed by atoms with Gasteiger partial charge in [0.1, 0.15) is 4.88 Å². The zero-order chi connectivity index (χ0) is 14.3. The van der Waals surface area contributed by atoms with Crippen LogP contribution in [0.4, 0.5) is 5.69 Å². The summed E-state index contributed by atoms with van der Waals surface area (Å²) in [5.74, 6) is -0.157. The largest absolute Gasteiger partial charge is 0.397 e. The highest BCUT2D eigenvalue weighted by Gasteiger charge is 2.42. The summed E-state index contributed by atoms with van der Waals surface area (Å²) in [7, 11) is 0. The van der Waals surface area contributed by atoms with Crippen molar-refractivity contribution < 1.29 is 9.90 Å². The van der Waals surface area contributed by atoms with Crippen molar-refractivity contribution in [2.75, 3.05) is 18.9 Å². The predicted octanol–water partition coefficient (Wildman–Crippen LogP) is 2.75. The van der Waals surface area contributed by atoms with Crippen LogP contribution in [0.25, 0.3) is 10.1 Å². The van der Waals surface area contributed by atoms with Crippen LogP contribution < -0.4 is 11.1 Å². The Hall–Kier alpha value is -1.11. The highest BCUT2D eigenvalue weighted by Crippen LogP contribution is 2.44. The van der Waals surface area contributed by atoms with Gasteiger partial charge in [0.15, 0.2) is 0 Å². The molecule has 4 nitrogen and oxygen atoms in total. The van der Waals surface area contributed by atoms with Gasteiger partial charge >= 0.3 is 0 Å². The highest BCUT2D eigenvalue weighted by molar-refractivity contribution is 9.10. The summed E-state index contributed by atoms with van der Waals surface area (Å²) in [6.07, 6.45) is 1.94. The predicted molar refractivity (Wildman–Crippen MR) is 85.0 cm³/mol. The number of nitrogens with one attached hydrogen (secondary N) is 1. The zero-order valence-corrected chi connectivity index (χ0v) is 13.2. The monoisotopic (exact) mass is 354 g/mol. The lowest BCUT2D eigenvalue weighted by Crippen LogP contribution is -2.31. The molecule has 1 aliphatic rings. The van der Waals surface area contributed by atoms with Crippen molar-refractivity contribution >= 4 is 48.9 Å². The second kappa shape index (κ2) is 5.02. The van der Waals surface area contributed by atoms with Gasteiger partial charge in [0, 0.05) is 26.5 Å². The minimum absolute atomic E-state index is 0.0955. The number of hydrogen-bond donors (Lipinski definition) is 3. The molecule has 1 saturated carbocycles. The number of anilines is 1. The SMILES string of the molecule is Nc1c(C(=O)NCC2(CO)CC2)sc2cccc(Br)c12. The number of amides is 1. The van der Waals surface area contributed by atoms with Crippen LogP contribution in [0, 0.1) is 5.41 Å². The van der Waals surface area contributed by atoms with Crippen LogP contribution in [0.2, 0.25) is 0 Å². The third-order valence-electron chi connectivity index (χ3n) is 3.82. The minimum Gasteiger partial charge on any atom is -0.397 e. The van der Waals surface area contributed by atoms with Crippen molar-refractivity contribution in [2.24, 2.45) is 5.41 Å². The van der Waals surface area contributed by atoms with Crippen LogP contribution >= 0.6 is 27.3 Å². The summed E-state index contributed by atoms with van der Waals surface area (Å²) in [4.78, 5) is 12.8. The molecule has 3 rings (SSSR count). The van der Waals surface area contributed by atoms with Crippen molar-refractivity contribution in [3.8, 4) is 0 Å². The Morgan fingerprint density at radius 2 is 2.25 bits per heavy atom. The number of nitrogens with two attached hydrogens (primary N) is 1. The lowest BCUT2D eigenvalue weighted by molar-refractivity contribution is 0.0940. The highest BCUT2D eigenvalue weighted by atomic mass is 79.9. The number of aliphatic hydroxyl groups is 1. The van der Waals surface area contributed by atoms with Gasteiger partial charge in [-0.05, 0) is 25.0 Å². The molecule has 0 radical (unpaired) electrons. The Morgan fingerprint density at radius 1 is 1.50 bits per heavy atom. The molecule has 1 aromatic carbocycles. The number of carbonyl (C=O) groups excluding carboxylic acids is 1. The number of benzene rings is 1. The second-order valence-corrected chi connectivity index (χ2v) is 7.21. The topological polar surface area (TPSA) is 75.4 Å². The van der Waals surface area contributed by atoms with E-state index in [0.717, 1.165) is 27.4 Å². The van der Waals surface area contributed by atoms with E-state index in [2.05, 4.69) is 21.2 Å². The molecule has 1 aromatic heterocycles. The maximum absolute atomic E-state index is 12.3. The molecule has 6 heteroatoms. The van der Waals surface area contributed by atoms with E-state index >= 15 is 0 Å². The van der Waals surface area contributed by atoms with Gasteiger partial charge in [-0.1, -0.05) is 22.0 Å². The van der Waals surface area contributed by atoms with Gasteiger partial charge in [-0.3, -0.25) is 4.79 Å². The number of nitrogen functional groups attached to an aromatic ring is 1. The molecule has 1 heterocycles. The van der Waals surface area contributed by atoms with E-state index in [0.29, 0.717) is 17.1 Å². The first-order valence-corrected chi connectivity index (χ1v) is 8.03. The number of hydrogen-bond acceptors (Lipinski definition) is 4. The lowest BCUT2D eigenvalue weighted by Gasteiger charge is -2.12. The lowest BCUT2D eigenvalue weighted by atomic mass is 10.1. The van der Waals surface area contributed by atoms with E-state index in [1.54, 1.807) is 0 Å². The Labute approximate surface area is 129 Å². The third kappa shape index (κ3) is 2.32. The molecule has 20 heavy (non-hydrogen) atoms.